The van der Waals surface area contributed by atoms with E-state index >= 15 is 0 Å². The molecule has 0 saturated heterocycles. The molecule has 0 aliphatic carbocycles. The van der Waals surface area contributed by atoms with E-state index in [1.54, 1.807) is 24.3 Å². The van der Waals surface area contributed by atoms with Gasteiger partial charge in [-0.05, 0) is 17.7 Å². The quantitative estimate of drug-likeness (QED) is 0.697. The number of hydrogen-bond acceptors (Lipinski definition) is 8. The predicted molar refractivity (Wildman–Crippen MR) is 89.3 cm³/mol. The summed E-state index contributed by atoms with van der Waals surface area (Å²) in [6, 6.07) is 6.56. The van der Waals surface area contributed by atoms with Gasteiger partial charge in [0.25, 0.3) is 0 Å². The summed E-state index contributed by atoms with van der Waals surface area (Å²) < 4.78 is 37.6. The molecule has 0 spiro atoms. The molecule has 0 fully saturated rings. The Labute approximate surface area is 145 Å². The van der Waals surface area contributed by atoms with E-state index in [9.17, 15) is 18.0 Å². The Kier molecular flexibility index (Phi) is 5.81. The highest BCUT2D eigenvalue weighted by molar-refractivity contribution is 7.89. The van der Waals surface area contributed by atoms with Crippen LogP contribution in [0, 0.1) is 0 Å². The first kappa shape index (κ1) is 18.9. The summed E-state index contributed by atoms with van der Waals surface area (Å²) >= 11 is 0. The molecule has 1 aliphatic rings. The van der Waals surface area contributed by atoms with Gasteiger partial charge in [-0.1, -0.05) is 12.1 Å². The third-order valence-electron chi connectivity index (χ3n) is 3.51. The first-order valence-electron chi connectivity index (χ1n) is 7.28. The molecule has 0 amide bonds. The lowest BCUT2D eigenvalue weighted by Gasteiger charge is -2.31. The molecule has 8 nitrogen and oxygen atoms in total. The van der Waals surface area contributed by atoms with Crippen molar-refractivity contribution < 1.29 is 32.2 Å². The third kappa shape index (κ3) is 4.58. The second-order valence-corrected chi connectivity index (χ2v) is 7.59. The van der Waals surface area contributed by atoms with Crippen molar-refractivity contribution in [2.45, 2.75) is 5.75 Å². The van der Waals surface area contributed by atoms with Crippen LogP contribution in [0.2, 0.25) is 0 Å². The Morgan fingerprint density at radius 2 is 1.72 bits per heavy atom. The summed E-state index contributed by atoms with van der Waals surface area (Å²) in [6.07, 6.45) is 1.15. The Bertz CT molecular complexity index is 796. The van der Waals surface area contributed by atoms with E-state index in [0.29, 0.717) is 11.3 Å². The first-order chi connectivity index (χ1) is 11.8. The third-order valence-corrected chi connectivity index (χ3v) is 4.37. The molecule has 25 heavy (non-hydrogen) atoms. The molecule has 0 aromatic heterocycles. The average molecular weight is 369 g/mol. The minimum atomic E-state index is -3.15. The van der Waals surface area contributed by atoms with Gasteiger partial charge in [-0.25, -0.2) is 18.0 Å². The van der Waals surface area contributed by atoms with Gasteiger partial charge in [0.2, 0.25) is 0 Å². The van der Waals surface area contributed by atoms with Gasteiger partial charge < -0.3 is 19.1 Å². The molecule has 1 heterocycles. The van der Waals surface area contributed by atoms with Crippen molar-refractivity contribution in [2.24, 2.45) is 0 Å². The summed E-state index contributed by atoms with van der Waals surface area (Å²) in [7, 11) is -0.723. The van der Waals surface area contributed by atoms with Gasteiger partial charge in [-0.3, -0.25) is 0 Å². The highest BCUT2D eigenvalue weighted by Gasteiger charge is 2.32. The summed E-state index contributed by atoms with van der Waals surface area (Å²) in [5, 5.41) is 0. The standard InChI is InChI=1S/C16H19NO7S/c1-22-15(18)13-8-24-10-17(14(13)16(19)23-2)12-6-4-11(5-7-12)9-25(3,20)21/h4-7H,8-10H2,1-3H3. The van der Waals surface area contributed by atoms with Crippen molar-refractivity contribution >= 4 is 27.5 Å². The van der Waals surface area contributed by atoms with E-state index in [2.05, 4.69) is 0 Å². The monoisotopic (exact) mass is 369 g/mol. The molecule has 0 unspecified atom stereocenters. The molecule has 0 atom stereocenters. The van der Waals surface area contributed by atoms with Crippen LogP contribution in [0.25, 0.3) is 0 Å². The largest absolute Gasteiger partial charge is 0.466 e. The molecule has 1 aromatic rings. The van der Waals surface area contributed by atoms with E-state index in [0.717, 1.165) is 6.26 Å². The van der Waals surface area contributed by atoms with Crippen LogP contribution in [-0.4, -0.2) is 54.2 Å². The topological polar surface area (TPSA) is 99.2 Å². The molecule has 0 N–H and O–H groups in total. The van der Waals surface area contributed by atoms with Crippen molar-refractivity contribution in [3.05, 3.63) is 41.1 Å². The van der Waals surface area contributed by atoms with Crippen molar-refractivity contribution in [2.75, 3.05) is 38.7 Å². The molecule has 136 valence electrons. The number of rotatable bonds is 5. The number of benzene rings is 1. The van der Waals surface area contributed by atoms with Crippen LogP contribution in [0.4, 0.5) is 5.69 Å². The Morgan fingerprint density at radius 3 is 2.24 bits per heavy atom. The summed E-state index contributed by atoms with van der Waals surface area (Å²) in [5.41, 5.74) is 1.26. The van der Waals surface area contributed by atoms with E-state index in [1.165, 1.54) is 19.1 Å². The maximum absolute atomic E-state index is 12.2. The van der Waals surface area contributed by atoms with E-state index in [-0.39, 0.29) is 30.4 Å². The lowest BCUT2D eigenvalue weighted by molar-refractivity contribution is -0.140. The fourth-order valence-electron chi connectivity index (χ4n) is 2.42. The molecule has 9 heteroatoms. The second kappa shape index (κ2) is 7.66. The Balaban J connectivity index is 2.41. The zero-order chi connectivity index (χ0) is 18.6. The molecule has 0 saturated carbocycles. The van der Waals surface area contributed by atoms with Crippen LogP contribution < -0.4 is 4.90 Å². The highest BCUT2D eigenvalue weighted by atomic mass is 32.2. The van der Waals surface area contributed by atoms with Crippen LogP contribution in [0.1, 0.15) is 5.56 Å². The van der Waals surface area contributed by atoms with E-state index in [1.807, 2.05) is 0 Å². The number of methoxy groups -OCH3 is 2. The van der Waals surface area contributed by atoms with E-state index < -0.39 is 21.8 Å². The number of carbonyl (C=O) groups is 2. The van der Waals surface area contributed by atoms with Gasteiger partial charge in [-0.15, -0.1) is 0 Å². The van der Waals surface area contributed by atoms with E-state index in [4.69, 9.17) is 14.2 Å². The SMILES string of the molecule is COC(=O)C1=C(C(=O)OC)N(c2ccc(CS(C)(=O)=O)cc2)COC1. The Morgan fingerprint density at radius 1 is 1.12 bits per heavy atom. The minimum Gasteiger partial charge on any atom is -0.466 e. The van der Waals surface area contributed by atoms with Crippen LogP contribution in [0.5, 0.6) is 0 Å². The van der Waals surface area contributed by atoms with Crippen LogP contribution in [0.15, 0.2) is 35.5 Å². The van der Waals surface area contributed by atoms with Crippen molar-refractivity contribution in [1.82, 2.24) is 0 Å². The first-order valence-corrected chi connectivity index (χ1v) is 9.34. The maximum atomic E-state index is 12.2. The number of ether oxygens (including phenoxy) is 3. The smallest absolute Gasteiger partial charge is 0.355 e. The van der Waals surface area contributed by atoms with Crippen molar-refractivity contribution in [3.63, 3.8) is 0 Å². The van der Waals surface area contributed by atoms with Gasteiger partial charge in [0.1, 0.15) is 12.4 Å². The number of carbonyl (C=O) groups excluding carboxylic acids is 2. The van der Waals surface area contributed by atoms with Crippen molar-refractivity contribution in [3.8, 4) is 0 Å². The zero-order valence-electron chi connectivity index (χ0n) is 14.1. The molecule has 1 aliphatic heterocycles. The molecular formula is C16H19NO7S. The van der Waals surface area contributed by atoms with Gasteiger partial charge in [0, 0.05) is 11.9 Å². The number of anilines is 1. The van der Waals surface area contributed by atoms with Gasteiger partial charge in [0.05, 0.1) is 32.2 Å². The van der Waals surface area contributed by atoms with Crippen LogP contribution in [-0.2, 0) is 39.4 Å². The summed E-state index contributed by atoms with van der Waals surface area (Å²) in [6.45, 7) is -0.0316. The molecule has 2 rings (SSSR count). The minimum absolute atomic E-state index is 0.0380. The van der Waals surface area contributed by atoms with Gasteiger partial charge in [-0.2, -0.15) is 0 Å². The molecule has 0 bridgehead atoms. The maximum Gasteiger partial charge on any atom is 0.355 e. The van der Waals surface area contributed by atoms with Gasteiger partial charge in [0.15, 0.2) is 9.84 Å². The molecule has 1 aromatic carbocycles. The normalized spacial score (nSPS) is 15.1. The summed E-state index contributed by atoms with van der Waals surface area (Å²) in [5.74, 6) is -1.46. The molecule has 0 radical (unpaired) electrons. The highest BCUT2D eigenvalue weighted by Crippen LogP contribution is 2.27. The van der Waals surface area contributed by atoms with Crippen LogP contribution in [0.3, 0.4) is 0 Å². The number of nitrogens with zero attached hydrogens (tertiary/aromatic N) is 1. The van der Waals surface area contributed by atoms with Gasteiger partial charge >= 0.3 is 11.9 Å². The summed E-state index contributed by atoms with van der Waals surface area (Å²) in [4.78, 5) is 25.6. The second-order valence-electron chi connectivity index (χ2n) is 5.45. The zero-order valence-corrected chi connectivity index (χ0v) is 15.0. The number of sulfone groups is 1. The van der Waals surface area contributed by atoms with Crippen molar-refractivity contribution in [1.29, 1.82) is 0 Å². The lowest BCUT2D eigenvalue weighted by atomic mass is 10.1. The van der Waals surface area contributed by atoms with Crippen LogP contribution >= 0.6 is 0 Å². The number of esters is 2. The lowest BCUT2D eigenvalue weighted by Crippen LogP contribution is -2.38. The average Bonchev–Trinajstić information content (AvgIpc) is 2.59. The fraction of sp³-hybridized carbons (Fsp3) is 0.375. The fourth-order valence-corrected chi connectivity index (χ4v) is 3.22. The molecular weight excluding hydrogens is 350 g/mol. The predicted octanol–water partition coefficient (Wildman–Crippen LogP) is 0.625. The Hall–Kier alpha value is -2.39. The number of hydrogen-bond donors (Lipinski definition) is 0.